The molecule has 0 unspecified atom stereocenters. The zero-order valence-corrected chi connectivity index (χ0v) is 21.0. The lowest BCUT2D eigenvalue weighted by molar-refractivity contribution is 0.330. The van der Waals surface area contributed by atoms with E-state index in [1.54, 1.807) is 6.07 Å². The maximum Gasteiger partial charge on any atom is 0.158 e. The summed E-state index contributed by atoms with van der Waals surface area (Å²) in [6.07, 6.45) is 3.57. The third-order valence-corrected chi connectivity index (χ3v) is 5.74. The average molecular weight is 466 g/mol. The molecule has 0 aliphatic heterocycles. The molecule has 3 aromatic heterocycles. The molecule has 7 nitrogen and oxygen atoms in total. The lowest BCUT2D eigenvalue weighted by Crippen LogP contribution is -2.28. The Morgan fingerprint density at radius 3 is 2.67 bits per heavy atom. The Bertz CT molecular complexity index is 1180. The van der Waals surface area contributed by atoms with Crippen LogP contribution >= 0.6 is 11.6 Å². The number of nitriles is 1. The van der Waals surface area contributed by atoms with Crippen LogP contribution in [0.25, 0.3) is 11.0 Å². The second-order valence-corrected chi connectivity index (χ2v) is 9.03. The van der Waals surface area contributed by atoms with Crippen molar-refractivity contribution in [2.45, 2.75) is 59.9 Å². The third kappa shape index (κ3) is 5.82. The number of nitrogens with zero attached hydrogens (tertiary/aromatic N) is 6. The standard InChI is InChI=1S/C25H32ClN7/c1-7-8-11-33(23(9-10-27)29-19-12-17(4)28-22(26)14-19)15-20-13-21(16(2)3)24-18(5)31-32(6)25(24)30-20/h9,12-14,16H,7-8,11,15H2,1-6H3,(H,28,29)/b23-9+. The Hall–Kier alpha value is -3.11. The first-order valence-corrected chi connectivity index (χ1v) is 11.7. The van der Waals surface area contributed by atoms with Crippen molar-refractivity contribution >= 4 is 28.3 Å². The first-order chi connectivity index (χ1) is 15.7. The summed E-state index contributed by atoms with van der Waals surface area (Å²) in [5.74, 6) is 1.05. The molecule has 0 saturated heterocycles. The monoisotopic (exact) mass is 465 g/mol. The Labute approximate surface area is 201 Å². The van der Waals surface area contributed by atoms with E-state index in [1.807, 2.05) is 31.6 Å². The number of pyridine rings is 2. The van der Waals surface area contributed by atoms with Crippen LogP contribution in [0.1, 0.15) is 62.2 Å². The number of aromatic nitrogens is 4. The van der Waals surface area contributed by atoms with Crippen LogP contribution in [0.5, 0.6) is 0 Å². The van der Waals surface area contributed by atoms with Crippen molar-refractivity contribution in [1.82, 2.24) is 24.6 Å². The lowest BCUT2D eigenvalue weighted by Gasteiger charge is -2.28. The van der Waals surface area contributed by atoms with E-state index in [4.69, 9.17) is 16.6 Å². The number of rotatable bonds is 9. The summed E-state index contributed by atoms with van der Waals surface area (Å²) in [4.78, 5) is 11.3. The van der Waals surface area contributed by atoms with Crippen LogP contribution in [0.3, 0.4) is 0 Å². The van der Waals surface area contributed by atoms with E-state index >= 15 is 0 Å². The quantitative estimate of drug-likeness (QED) is 0.316. The minimum atomic E-state index is 0.343. The molecular weight excluding hydrogens is 434 g/mol. The molecule has 8 heteroatoms. The molecule has 0 aliphatic rings. The fourth-order valence-electron chi connectivity index (χ4n) is 4.01. The third-order valence-electron chi connectivity index (χ3n) is 5.55. The average Bonchev–Trinajstić information content (AvgIpc) is 3.03. The van der Waals surface area contributed by atoms with E-state index in [0.29, 0.717) is 23.4 Å². The second-order valence-electron chi connectivity index (χ2n) is 8.64. The number of unbranched alkanes of at least 4 members (excludes halogenated alkanes) is 1. The first-order valence-electron chi connectivity index (χ1n) is 11.3. The Morgan fingerprint density at radius 1 is 1.27 bits per heavy atom. The SMILES string of the molecule is CCCCN(Cc1cc(C(C)C)c2c(C)nn(C)c2n1)/C(=C/C#N)Nc1cc(C)nc(Cl)c1. The summed E-state index contributed by atoms with van der Waals surface area (Å²) in [5.41, 5.74) is 5.67. The Morgan fingerprint density at radius 2 is 2.03 bits per heavy atom. The van der Waals surface area contributed by atoms with Crippen LogP contribution in [-0.4, -0.2) is 31.2 Å². The molecule has 0 bridgehead atoms. The van der Waals surface area contributed by atoms with Crippen LogP contribution in [0.4, 0.5) is 5.69 Å². The number of allylic oxidation sites excluding steroid dienone is 1. The summed E-state index contributed by atoms with van der Waals surface area (Å²) < 4.78 is 1.85. The summed E-state index contributed by atoms with van der Waals surface area (Å²) in [5, 5.41) is 19.0. The van der Waals surface area contributed by atoms with E-state index in [-0.39, 0.29) is 0 Å². The van der Waals surface area contributed by atoms with Crippen molar-refractivity contribution in [2.24, 2.45) is 7.05 Å². The maximum atomic E-state index is 9.50. The number of nitrogens with one attached hydrogen (secondary N) is 1. The molecule has 3 heterocycles. The highest BCUT2D eigenvalue weighted by atomic mass is 35.5. The minimum Gasteiger partial charge on any atom is -0.352 e. The number of anilines is 1. The zero-order chi connectivity index (χ0) is 24.1. The molecule has 0 radical (unpaired) electrons. The molecule has 0 saturated carbocycles. The summed E-state index contributed by atoms with van der Waals surface area (Å²) >= 11 is 6.16. The van der Waals surface area contributed by atoms with Gasteiger partial charge in [-0.15, -0.1) is 0 Å². The van der Waals surface area contributed by atoms with Crippen LogP contribution in [0, 0.1) is 25.2 Å². The van der Waals surface area contributed by atoms with Crippen LogP contribution in [-0.2, 0) is 13.6 Å². The number of hydrogen-bond donors (Lipinski definition) is 1. The number of halogens is 1. The molecule has 0 aromatic carbocycles. The number of aryl methyl sites for hydroxylation is 3. The van der Waals surface area contributed by atoms with Crippen LogP contribution in [0.15, 0.2) is 30.1 Å². The predicted octanol–water partition coefficient (Wildman–Crippen LogP) is 5.84. The molecular formula is C25H32ClN7. The van der Waals surface area contributed by atoms with Gasteiger partial charge in [0.15, 0.2) is 5.65 Å². The highest BCUT2D eigenvalue weighted by molar-refractivity contribution is 6.29. The summed E-state index contributed by atoms with van der Waals surface area (Å²) in [7, 11) is 1.93. The van der Waals surface area contributed by atoms with Crippen molar-refractivity contribution in [3.05, 3.63) is 57.9 Å². The van der Waals surface area contributed by atoms with E-state index in [1.165, 1.54) is 11.6 Å². The van der Waals surface area contributed by atoms with Crippen LogP contribution < -0.4 is 5.32 Å². The molecule has 0 spiro atoms. The van der Waals surface area contributed by atoms with Gasteiger partial charge in [0, 0.05) is 30.4 Å². The lowest BCUT2D eigenvalue weighted by atomic mass is 9.98. The highest BCUT2D eigenvalue weighted by Gasteiger charge is 2.18. The topological polar surface area (TPSA) is 82.7 Å². The highest BCUT2D eigenvalue weighted by Crippen LogP contribution is 2.28. The minimum absolute atomic E-state index is 0.343. The van der Waals surface area contributed by atoms with E-state index < -0.39 is 0 Å². The normalized spacial score (nSPS) is 11.8. The second kappa shape index (κ2) is 10.7. The number of hydrogen-bond acceptors (Lipinski definition) is 6. The first kappa shape index (κ1) is 24.5. The van der Waals surface area contributed by atoms with E-state index in [0.717, 1.165) is 53.2 Å². The molecule has 0 fully saturated rings. The molecule has 33 heavy (non-hydrogen) atoms. The number of fused-ring (bicyclic) bond motifs is 1. The van der Waals surface area contributed by atoms with Gasteiger partial charge in [0.1, 0.15) is 11.0 Å². The molecule has 0 atom stereocenters. The molecule has 3 rings (SSSR count). The van der Waals surface area contributed by atoms with Crippen molar-refractivity contribution in [2.75, 3.05) is 11.9 Å². The van der Waals surface area contributed by atoms with Gasteiger partial charge in [0.25, 0.3) is 0 Å². The van der Waals surface area contributed by atoms with Gasteiger partial charge in [0.05, 0.1) is 30.1 Å². The molecule has 0 aliphatic carbocycles. The summed E-state index contributed by atoms with van der Waals surface area (Å²) in [6, 6.07) is 8.03. The van der Waals surface area contributed by atoms with Gasteiger partial charge >= 0.3 is 0 Å². The molecule has 174 valence electrons. The van der Waals surface area contributed by atoms with E-state index in [9.17, 15) is 5.26 Å². The maximum absolute atomic E-state index is 9.50. The Kier molecular flexibility index (Phi) is 7.93. The smallest absolute Gasteiger partial charge is 0.158 e. The Balaban J connectivity index is 2.01. The largest absolute Gasteiger partial charge is 0.352 e. The van der Waals surface area contributed by atoms with Gasteiger partial charge in [0.2, 0.25) is 0 Å². The van der Waals surface area contributed by atoms with Gasteiger partial charge in [-0.05, 0) is 49.9 Å². The van der Waals surface area contributed by atoms with Gasteiger partial charge in [-0.25, -0.2) is 9.97 Å². The van der Waals surface area contributed by atoms with Crippen LogP contribution in [0.2, 0.25) is 5.15 Å². The molecule has 1 N–H and O–H groups in total. The fourth-order valence-corrected chi connectivity index (χ4v) is 4.26. The predicted molar refractivity (Wildman–Crippen MR) is 134 cm³/mol. The van der Waals surface area contributed by atoms with Crippen molar-refractivity contribution in [3.63, 3.8) is 0 Å². The molecule has 3 aromatic rings. The van der Waals surface area contributed by atoms with Gasteiger partial charge in [-0.2, -0.15) is 10.4 Å². The fraction of sp³-hybridized carbons (Fsp3) is 0.440. The van der Waals surface area contributed by atoms with Gasteiger partial charge < -0.3 is 10.2 Å². The van der Waals surface area contributed by atoms with Crippen molar-refractivity contribution < 1.29 is 0 Å². The van der Waals surface area contributed by atoms with Gasteiger partial charge in [-0.1, -0.05) is 38.8 Å². The van der Waals surface area contributed by atoms with E-state index in [2.05, 4.69) is 53.2 Å². The zero-order valence-electron chi connectivity index (χ0n) is 20.3. The van der Waals surface area contributed by atoms with Crippen molar-refractivity contribution in [3.8, 4) is 6.07 Å². The summed E-state index contributed by atoms with van der Waals surface area (Å²) in [6.45, 7) is 11.8. The molecule has 0 amide bonds. The van der Waals surface area contributed by atoms with Crippen molar-refractivity contribution in [1.29, 1.82) is 5.26 Å². The van der Waals surface area contributed by atoms with Gasteiger partial charge in [-0.3, -0.25) is 4.68 Å².